The largest absolute Gasteiger partial charge is 0.490 e. The van der Waals surface area contributed by atoms with E-state index in [4.69, 9.17) is 19.2 Å². The van der Waals surface area contributed by atoms with E-state index in [1.807, 2.05) is 32.9 Å². The second kappa shape index (κ2) is 12.0. The summed E-state index contributed by atoms with van der Waals surface area (Å²) in [4.78, 5) is 17.9. The molecule has 1 fully saturated rings. The summed E-state index contributed by atoms with van der Waals surface area (Å²) in [6.07, 6.45) is 3.75. The van der Waals surface area contributed by atoms with Gasteiger partial charge in [-0.15, -0.1) is 0 Å². The molecule has 0 aliphatic heterocycles. The van der Waals surface area contributed by atoms with Gasteiger partial charge in [-0.1, -0.05) is 18.2 Å². The molecule has 0 spiro atoms. The highest BCUT2D eigenvalue weighted by Crippen LogP contribution is 2.39. The Bertz CT molecular complexity index is 1160. The third-order valence-corrected chi connectivity index (χ3v) is 6.51. The van der Waals surface area contributed by atoms with E-state index in [9.17, 15) is 4.79 Å². The predicted molar refractivity (Wildman–Crippen MR) is 144 cm³/mol. The number of amides is 1. The van der Waals surface area contributed by atoms with Gasteiger partial charge in [0, 0.05) is 23.0 Å². The molecule has 0 radical (unpaired) electrons. The number of ether oxygens (including phenoxy) is 3. The Labute approximate surface area is 213 Å². The molecular formula is C29H37N3O4. The lowest BCUT2D eigenvalue weighted by atomic mass is 9.91. The van der Waals surface area contributed by atoms with E-state index in [1.54, 1.807) is 12.1 Å². The first-order valence-corrected chi connectivity index (χ1v) is 13.0. The van der Waals surface area contributed by atoms with Crippen molar-refractivity contribution in [3.05, 3.63) is 53.6 Å². The molecule has 2 aromatic carbocycles. The van der Waals surface area contributed by atoms with E-state index in [0.717, 1.165) is 37.0 Å². The van der Waals surface area contributed by atoms with Gasteiger partial charge in [0.05, 0.1) is 25.3 Å². The first-order valence-electron chi connectivity index (χ1n) is 13.0. The van der Waals surface area contributed by atoms with E-state index in [1.165, 1.54) is 10.9 Å². The lowest BCUT2D eigenvalue weighted by molar-refractivity contribution is 0.0925. The molecule has 1 heterocycles. The number of para-hydroxylation sites is 1. The van der Waals surface area contributed by atoms with E-state index < -0.39 is 0 Å². The quantitative estimate of drug-likeness (QED) is 0.368. The van der Waals surface area contributed by atoms with Gasteiger partial charge in [-0.3, -0.25) is 4.79 Å². The van der Waals surface area contributed by atoms with Crippen LogP contribution in [0.4, 0.5) is 5.82 Å². The summed E-state index contributed by atoms with van der Waals surface area (Å²) in [5, 5.41) is 8.00. The van der Waals surface area contributed by atoms with Crippen LogP contribution in [0.25, 0.3) is 10.9 Å². The zero-order valence-corrected chi connectivity index (χ0v) is 21.7. The van der Waals surface area contributed by atoms with Crippen LogP contribution in [0, 0.1) is 6.92 Å². The minimum Gasteiger partial charge on any atom is -0.490 e. The molecular weight excluding hydrogens is 454 g/mol. The van der Waals surface area contributed by atoms with E-state index in [0.29, 0.717) is 48.7 Å². The Morgan fingerprint density at radius 1 is 0.889 bits per heavy atom. The van der Waals surface area contributed by atoms with Crippen LogP contribution < -0.4 is 24.8 Å². The monoisotopic (exact) mass is 491 g/mol. The van der Waals surface area contributed by atoms with E-state index in [2.05, 4.69) is 35.8 Å². The molecule has 7 heteroatoms. The van der Waals surface area contributed by atoms with Gasteiger partial charge in [-0.05, 0) is 83.2 Å². The number of rotatable bonds is 10. The molecule has 1 saturated carbocycles. The minimum absolute atomic E-state index is 0.122. The van der Waals surface area contributed by atoms with Crippen molar-refractivity contribution in [2.75, 3.05) is 25.1 Å². The maximum Gasteiger partial charge on any atom is 0.251 e. The molecule has 4 rings (SSSR count). The van der Waals surface area contributed by atoms with E-state index in [-0.39, 0.29) is 11.9 Å². The molecule has 2 N–H and O–H groups in total. The number of nitrogens with zero attached hydrogens (tertiary/aromatic N) is 1. The summed E-state index contributed by atoms with van der Waals surface area (Å²) in [5.74, 6) is 2.40. The second-order valence-corrected chi connectivity index (χ2v) is 9.11. The summed E-state index contributed by atoms with van der Waals surface area (Å²) >= 11 is 0. The van der Waals surface area contributed by atoms with Crippen LogP contribution in [0.2, 0.25) is 0 Å². The zero-order chi connectivity index (χ0) is 25.5. The Hall–Kier alpha value is -3.48. The first-order chi connectivity index (χ1) is 17.5. The van der Waals surface area contributed by atoms with Gasteiger partial charge in [0.2, 0.25) is 5.75 Å². The fraction of sp³-hybridized carbons (Fsp3) is 0.448. The van der Waals surface area contributed by atoms with Crippen LogP contribution in [0.1, 0.15) is 62.4 Å². The number of hydrogen-bond donors (Lipinski definition) is 2. The van der Waals surface area contributed by atoms with Gasteiger partial charge in [0.15, 0.2) is 11.5 Å². The number of benzene rings is 2. The highest BCUT2D eigenvalue weighted by Gasteiger charge is 2.25. The predicted octanol–water partition coefficient (Wildman–Crippen LogP) is 5.89. The van der Waals surface area contributed by atoms with Crippen molar-refractivity contribution in [3.63, 3.8) is 0 Å². The van der Waals surface area contributed by atoms with Crippen molar-refractivity contribution in [1.82, 2.24) is 10.3 Å². The molecule has 36 heavy (non-hydrogen) atoms. The number of carbonyl (C=O) groups is 1. The number of aryl methyl sites for hydroxylation is 1. The van der Waals surface area contributed by atoms with Crippen molar-refractivity contribution in [3.8, 4) is 17.2 Å². The van der Waals surface area contributed by atoms with Gasteiger partial charge < -0.3 is 24.8 Å². The van der Waals surface area contributed by atoms with Crippen molar-refractivity contribution in [2.45, 2.75) is 65.5 Å². The normalized spacial score (nSPS) is 17.4. The van der Waals surface area contributed by atoms with Crippen LogP contribution in [-0.4, -0.2) is 42.8 Å². The lowest BCUT2D eigenvalue weighted by Gasteiger charge is -2.30. The Balaban J connectivity index is 1.38. The first kappa shape index (κ1) is 25.6. The molecule has 1 aliphatic carbocycles. The Morgan fingerprint density at radius 3 is 2.14 bits per heavy atom. The molecule has 3 aromatic rings. The zero-order valence-electron chi connectivity index (χ0n) is 21.7. The van der Waals surface area contributed by atoms with Crippen LogP contribution >= 0.6 is 0 Å². The number of anilines is 1. The number of aromatic nitrogens is 1. The standard InChI is InChI=1S/C29H37N3O4/c1-5-34-25-17-20(18-26(35-6-2)28(25)36-7-3)29(33)31-22-14-12-21(13-15-22)30-27-16-19(4)23-10-8-9-11-24(23)32-27/h8-11,16-18,21-22H,5-7,12-15H2,1-4H3,(H,30,32)(H,31,33)/t21-,22+. The minimum atomic E-state index is -0.122. The van der Waals surface area contributed by atoms with Crippen molar-refractivity contribution >= 4 is 22.6 Å². The van der Waals surface area contributed by atoms with Crippen molar-refractivity contribution in [2.24, 2.45) is 0 Å². The van der Waals surface area contributed by atoms with Crippen LogP contribution in [0.3, 0.4) is 0 Å². The molecule has 0 bridgehead atoms. The number of pyridine rings is 1. The van der Waals surface area contributed by atoms with Gasteiger partial charge in [-0.2, -0.15) is 0 Å². The third-order valence-electron chi connectivity index (χ3n) is 6.51. The smallest absolute Gasteiger partial charge is 0.251 e. The van der Waals surface area contributed by atoms with Crippen LogP contribution in [0.15, 0.2) is 42.5 Å². The number of nitrogens with one attached hydrogen (secondary N) is 2. The highest BCUT2D eigenvalue weighted by molar-refractivity contribution is 5.95. The topological polar surface area (TPSA) is 81.7 Å². The third kappa shape index (κ3) is 6.01. The summed E-state index contributed by atoms with van der Waals surface area (Å²) in [6, 6.07) is 14.3. The fourth-order valence-electron chi connectivity index (χ4n) is 4.80. The summed E-state index contributed by atoms with van der Waals surface area (Å²) in [7, 11) is 0. The molecule has 0 saturated heterocycles. The summed E-state index contributed by atoms with van der Waals surface area (Å²) in [5.41, 5.74) is 2.74. The molecule has 1 aromatic heterocycles. The molecule has 1 amide bonds. The van der Waals surface area contributed by atoms with Gasteiger partial charge in [0.25, 0.3) is 5.91 Å². The fourth-order valence-corrected chi connectivity index (χ4v) is 4.80. The Kier molecular flexibility index (Phi) is 8.52. The highest BCUT2D eigenvalue weighted by atomic mass is 16.5. The molecule has 7 nitrogen and oxygen atoms in total. The maximum absolute atomic E-state index is 13.1. The van der Waals surface area contributed by atoms with Crippen LogP contribution in [0.5, 0.6) is 17.2 Å². The second-order valence-electron chi connectivity index (χ2n) is 9.11. The molecule has 1 aliphatic rings. The molecule has 192 valence electrons. The maximum atomic E-state index is 13.1. The summed E-state index contributed by atoms with van der Waals surface area (Å²) < 4.78 is 17.3. The van der Waals surface area contributed by atoms with Gasteiger partial charge in [0.1, 0.15) is 5.82 Å². The number of carbonyl (C=O) groups excluding carboxylic acids is 1. The molecule has 0 atom stereocenters. The van der Waals surface area contributed by atoms with Crippen molar-refractivity contribution < 1.29 is 19.0 Å². The number of fused-ring (bicyclic) bond motifs is 1. The average molecular weight is 492 g/mol. The lowest BCUT2D eigenvalue weighted by Crippen LogP contribution is -2.40. The van der Waals surface area contributed by atoms with Gasteiger partial charge >= 0.3 is 0 Å². The SMILES string of the molecule is CCOc1cc(C(=O)N[C@H]2CC[C@@H](Nc3cc(C)c4ccccc4n3)CC2)cc(OCC)c1OCC. The molecule has 0 unspecified atom stereocenters. The van der Waals surface area contributed by atoms with Crippen molar-refractivity contribution in [1.29, 1.82) is 0 Å². The van der Waals surface area contributed by atoms with E-state index >= 15 is 0 Å². The average Bonchev–Trinajstić information content (AvgIpc) is 2.87. The Morgan fingerprint density at radius 2 is 1.50 bits per heavy atom. The van der Waals surface area contributed by atoms with Gasteiger partial charge in [-0.25, -0.2) is 4.98 Å². The summed E-state index contributed by atoms with van der Waals surface area (Å²) in [6.45, 7) is 9.27. The number of hydrogen-bond acceptors (Lipinski definition) is 6. The van der Waals surface area contributed by atoms with Crippen LogP contribution in [-0.2, 0) is 0 Å².